The topological polar surface area (TPSA) is 77.5 Å². The minimum Gasteiger partial charge on any atom is -0.488 e. The number of amides is 2. The Labute approximate surface area is 296 Å². The first kappa shape index (κ1) is 36.6. The summed E-state index contributed by atoms with van der Waals surface area (Å²) >= 11 is 0. The number of hydrogen-bond donors (Lipinski definition) is 0. The van der Waals surface area contributed by atoms with Gasteiger partial charge in [0.2, 0.25) is 5.91 Å². The average Bonchev–Trinajstić information content (AvgIpc) is 3.44. The quantitative estimate of drug-likeness (QED) is 0.124. The predicted molar refractivity (Wildman–Crippen MR) is 196 cm³/mol. The van der Waals surface area contributed by atoms with Gasteiger partial charge in [-0.25, -0.2) is 4.79 Å². The Morgan fingerprint density at radius 1 is 0.760 bits per heavy atom. The fraction of sp³-hybridized carbons (Fsp3) is 0.381. The van der Waals surface area contributed by atoms with E-state index >= 15 is 4.79 Å². The molecule has 8 nitrogen and oxygen atoms in total. The molecule has 8 heteroatoms. The molecule has 2 atom stereocenters. The van der Waals surface area contributed by atoms with Gasteiger partial charge >= 0.3 is 6.09 Å². The average molecular weight is 679 g/mol. The first-order valence-electron chi connectivity index (χ1n) is 17.5. The number of carbonyl (C=O) groups is 2. The third-order valence-corrected chi connectivity index (χ3v) is 8.95. The van der Waals surface area contributed by atoms with Crippen LogP contribution in [0, 0.1) is 0 Å². The Hall–Kier alpha value is -4.66. The third kappa shape index (κ3) is 8.37. The van der Waals surface area contributed by atoms with E-state index in [1.165, 1.54) is 7.11 Å². The maximum absolute atomic E-state index is 15.4. The number of fused-ring (bicyclic) bond motifs is 3. The van der Waals surface area contributed by atoms with Crippen LogP contribution in [0.2, 0.25) is 0 Å². The Morgan fingerprint density at radius 2 is 1.30 bits per heavy atom. The zero-order valence-electron chi connectivity index (χ0n) is 30.3. The highest BCUT2D eigenvalue weighted by Gasteiger charge is 2.44. The molecule has 1 aliphatic carbocycles. The molecule has 0 aliphatic heterocycles. The van der Waals surface area contributed by atoms with Gasteiger partial charge < -0.3 is 23.8 Å². The minimum atomic E-state index is -0.962. The fourth-order valence-corrected chi connectivity index (χ4v) is 6.75. The second kappa shape index (κ2) is 16.4. The molecule has 1 aliphatic rings. The lowest BCUT2D eigenvalue weighted by Crippen LogP contribution is -2.55. The zero-order valence-corrected chi connectivity index (χ0v) is 30.3. The summed E-state index contributed by atoms with van der Waals surface area (Å²) in [4.78, 5) is 33.1. The lowest BCUT2D eigenvalue weighted by Gasteiger charge is -2.40. The van der Waals surface area contributed by atoms with E-state index in [0.29, 0.717) is 13.2 Å². The van der Waals surface area contributed by atoms with Crippen LogP contribution in [0.3, 0.4) is 0 Å². The number of methoxy groups -OCH3 is 1. The summed E-state index contributed by atoms with van der Waals surface area (Å²) in [5, 5.41) is 0. The Kier molecular flexibility index (Phi) is 12.0. The van der Waals surface area contributed by atoms with Crippen molar-refractivity contribution in [3.8, 4) is 16.9 Å². The maximum atomic E-state index is 15.4. The highest BCUT2D eigenvalue weighted by molar-refractivity contribution is 5.89. The standard InChI is InChI=1S/C42H50N2O6/c1-8-48-38(49-9-2)28-43(29(3)31-17-11-10-12-18-31)40(45)37(27-30-23-25-32(26-24-30)50-42(4,5)6)44(41(46)47-7)39-35-21-15-13-19-33(35)34-20-14-16-22-36(34)39/h10-26,29,37-39H,8-9,27-28H2,1-7H3/t29-,37+/m1/s1. The summed E-state index contributed by atoms with van der Waals surface area (Å²) in [6, 6.07) is 31.9. The highest BCUT2D eigenvalue weighted by atomic mass is 16.7. The molecule has 0 unspecified atom stereocenters. The van der Waals surface area contributed by atoms with Gasteiger partial charge in [-0.1, -0.05) is 91.0 Å². The van der Waals surface area contributed by atoms with Gasteiger partial charge in [0.25, 0.3) is 0 Å². The third-order valence-electron chi connectivity index (χ3n) is 8.95. The van der Waals surface area contributed by atoms with Crippen molar-refractivity contribution < 1.29 is 28.5 Å². The molecule has 0 N–H and O–H groups in total. The van der Waals surface area contributed by atoms with Crippen molar-refractivity contribution in [1.29, 1.82) is 0 Å². The first-order chi connectivity index (χ1) is 24.1. The van der Waals surface area contributed by atoms with Crippen molar-refractivity contribution in [2.45, 2.75) is 78.0 Å². The lowest BCUT2D eigenvalue weighted by molar-refractivity contribution is -0.165. The minimum absolute atomic E-state index is 0.165. The van der Waals surface area contributed by atoms with Gasteiger partial charge in [0, 0.05) is 19.6 Å². The van der Waals surface area contributed by atoms with E-state index < -0.39 is 24.5 Å². The van der Waals surface area contributed by atoms with Gasteiger partial charge in [-0.15, -0.1) is 0 Å². The molecular weight excluding hydrogens is 628 g/mol. The number of hydrogen-bond acceptors (Lipinski definition) is 6. The van der Waals surface area contributed by atoms with E-state index in [9.17, 15) is 4.79 Å². The fourth-order valence-electron chi connectivity index (χ4n) is 6.75. The summed E-state index contributed by atoms with van der Waals surface area (Å²) in [5.74, 6) is 0.483. The van der Waals surface area contributed by atoms with E-state index in [-0.39, 0.29) is 30.5 Å². The normalized spacial score (nSPS) is 13.7. The largest absolute Gasteiger partial charge is 0.488 e. The summed E-state index contributed by atoms with van der Waals surface area (Å²) < 4.78 is 23.6. The van der Waals surface area contributed by atoms with E-state index in [0.717, 1.165) is 39.1 Å². The van der Waals surface area contributed by atoms with Crippen LogP contribution < -0.4 is 4.74 Å². The van der Waals surface area contributed by atoms with Crippen LogP contribution in [0.4, 0.5) is 4.79 Å². The molecule has 0 saturated carbocycles. The molecular formula is C42H50N2O6. The van der Waals surface area contributed by atoms with Crippen LogP contribution in [0.15, 0.2) is 103 Å². The SMILES string of the molecule is CCOC(CN(C(=O)[C@H](Cc1ccc(OC(C)(C)C)cc1)N(C(=O)OC)C1c2ccccc2-c2ccccc21)[C@H](C)c1ccccc1)OCC. The lowest BCUT2D eigenvalue weighted by atomic mass is 9.96. The molecule has 0 heterocycles. The number of benzene rings is 4. The molecule has 4 aromatic carbocycles. The van der Waals surface area contributed by atoms with Gasteiger partial charge in [0.15, 0.2) is 6.29 Å². The van der Waals surface area contributed by atoms with Crippen molar-refractivity contribution >= 4 is 12.0 Å². The van der Waals surface area contributed by atoms with Crippen molar-refractivity contribution in [2.24, 2.45) is 0 Å². The van der Waals surface area contributed by atoms with Crippen LogP contribution in [-0.4, -0.2) is 66.6 Å². The second-order valence-electron chi connectivity index (χ2n) is 13.5. The molecule has 0 bridgehead atoms. The molecule has 50 heavy (non-hydrogen) atoms. The molecule has 5 rings (SSSR count). The van der Waals surface area contributed by atoms with Crippen LogP contribution in [0.5, 0.6) is 5.75 Å². The Balaban J connectivity index is 1.66. The van der Waals surface area contributed by atoms with Gasteiger partial charge in [-0.2, -0.15) is 0 Å². The van der Waals surface area contributed by atoms with E-state index in [4.69, 9.17) is 18.9 Å². The summed E-state index contributed by atoms with van der Waals surface area (Å²) in [5.41, 5.74) is 5.40. The molecule has 0 aromatic heterocycles. The van der Waals surface area contributed by atoms with Gasteiger partial charge in [0.05, 0.1) is 25.7 Å². The molecule has 0 spiro atoms. The Morgan fingerprint density at radius 3 is 1.82 bits per heavy atom. The molecule has 264 valence electrons. The van der Waals surface area contributed by atoms with Crippen LogP contribution >= 0.6 is 0 Å². The van der Waals surface area contributed by atoms with E-state index in [2.05, 4.69) is 12.1 Å². The monoisotopic (exact) mass is 678 g/mol. The summed E-state index contributed by atoms with van der Waals surface area (Å²) in [6.45, 7) is 12.8. The smallest absolute Gasteiger partial charge is 0.410 e. The van der Waals surface area contributed by atoms with Crippen molar-refractivity contribution in [3.05, 3.63) is 125 Å². The predicted octanol–water partition coefficient (Wildman–Crippen LogP) is 8.60. The second-order valence-corrected chi connectivity index (χ2v) is 13.5. The van der Waals surface area contributed by atoms with Crippen molar-refractivity contribution in [3.63, 3.8) is 0 Å². The molecule has 0 saturated heterocycles. The molecule has 0 radical (unpaired) electrons. The first-order valence-corrected chi connectivity index (χ1v) is 17.5. The van der Waals surface area contributed by atoms with Crippen LogP contribution in [-0.2, 0) is 25.4 Å². The molecule has 2 amide bonds. The zero-order chi connectivity index (χ0) is 35.8. The van der Waals surface area contributed by atoms with E-state index in [1.807, 2.05) is 133 Å². The van der Waals surface area contributed by atoms with Gasteiger partial charge in [-0.05, 0) is 87.1 Å². The Bertz CT molecular complexity index is 1670. The van der Waals surface area contributed by atoms with Gasteiger partial charge in [0.1, 0.15) is 17.4 Å². The molecule has 0 fully saturated rings. The van der Waals surface area contributed by atoms with Gasteiger partial charge in [-0.3, -0.25) is 9.69 Å². The molecule has 4 aromatic rings. The van der Waals surface area contributed by atoms with Crippen LogP contribution in [0.25, 0.3) is 11.1 Å². The number of nitrogens with zero attached hydrogens (tertiary/aromatic N) is 2. The number of carbonyl (C=O) groups excluding carboxylic acids is 2. The van der Waals surface area contributed by atoms with E-state index in [1.54, 1.807) is 9.80 Å². The summed E-state index contributed by atoms with van der Waals surface area (Å²) in [7, 11) is 1.37. The highest BCUT2D eigenvalue weighted by Crippen LogP contribution is 2.47. The van der Waals surface area contributed by atoms with Crippen molar-refractivity contribution in [1.82, 2.24) is 9.80 Å². The number of ether oxygens (including phenoxy) is 4. The summed E-state index contributed by atoms with van der Waals surface area (Å²) in [6.07, 6.45) is -1.02. The van der Waals surface area contributed by atoms with Crippen LogP contribution in [0.1, 0.15) is 75.9 Å². The number of rotatable bonds is 14. The van der Waals surface area contributed by atoms with Crippen molar-refractivity contribution in [2.75, 3.05) is 26.9 Å². The maximum Gasteiger partial charge on any atom is 0.410 e.